The van der Waals surface area contributed by atoms with Crippen molar-refractivity contribution < 1.29 is 4.79 Å². The number of aromatic nitrogens is 1. The second-order valence-corrected chi connectivity index (χ2v) is 6.48. The van der Waals surface area contributed by atoms with Crippen LogP contribution in [0.2, 0.25) is 0 Å². The molecule has 0 radical (unpaired) electrons. The van der Waals surface area contributed by atoms with E-state index in [0.29, 0.717) is 12.1 Å². The Kier molecular flexibility index (Phi) is 4.30. The van der Waals surface area contributed by atoms with Gasteiger partial charge in [0.25, 0.3) is 5.91 Å². The molecule has 3 nitrogen and oxygen atoms in total. The van der Waals surface area contributed by atoms with E-state index in [0.717, 1.165) is 22.6 Å². The first-order chi connectivity index (χ1) is 12.3. The van der Waals surface area contributed by atoms with E-state index in [4.69, 9.17) is 0 Å². The van der Waals surface area contributed by atoms with Crippen molar-refractivity contribution in [3.63, 3.8) is 0 Å². The highest BCUT2D eigenvalue weighted by Crippen LogP contribution is 2.39. The van der Waals surface area contributed by atoms with Gasteiger partial charge in [-0.3, -0.25) is 9.78 Å². The van der Waals surface area contributed by atoms with Crippen LogP contribution in [-0.4, -0.2) is 10.9 Å². The fraction of sp³-hybridized carbons (Fsp3) is 0.182. The topological polar surface area (TPSA) is 42.0 Å². The lowest BCUT2D eigenvalue weighted by Crippen LogP contribution is -2.23. The number of carbonyl (C=O) groups is 1. The van der Waals surface area contributed by atoms with Crippen LogP contribution in [0.15, 0.2) is 73.1 Å². The summed E-state index contributed by atoms with van der Waals surface area (Å²) >= 11 is 0. The molecule has 1 heterocycles. The third-order valence-corrected chi connectivity index (χ3v) is 4.64. The first-order valence-electron chi connectivity index (χ1n) is 8.68. The van der Waals surface area contributed by atoms with E-state index in [-0.39, 0.29) is 5.91 Å². The summed E-state index contributed by atoms with van der Waals surface area (Å²) in [6.45, 7) is 0.536. The molecule has 0 spiro atoms. The summed E-state index contributed by atoms with van der Waals surface area (Å²) in [5.74, 6) is 0.703. The minimum atomic E-state index is -0.0568. The van der Waals surface area contributed by atoms with E-state index in [1.807, 2.05) is 36.4 Å². The molecule has 1 aromatic heterocycles. The second kappa shape index (κ2) is 6.89. The van der Waals surface area contributed by atoms with Gasteiger partial charge < -0.3 is 5.32 Å². The summed E-state index contributed by atoms with van der Waals surface area (Å²) in [4.78, 5) is 16.7. The van der Waals surface area contributed by atoms with Gasteiger partial charge in [0.15, 0.2) is 0 Å². The maximum Gasteiger partial charge on any atom is 0.252 e. The highest BCUT2D eigenvalue weighted by atomic mass is 16.1. The minimum absolute atomic E-state index is 0.0568. The van der Waals surface area contributed by atoms with Gasteiger partial charge in [-0.25, -0.2) is 0 Å². The van der Waals surface area contributed by atoms with E-state index >= 15 is 0 Å². The standard InChI is InChI=1S/C22H20N2O/c25-22(24-15-16-5-7-17(8-6-16)18-9-10-18)21-4-2-1-3-20(21)19-11-13-23-14-12-19/h1-8,11-14,18H,9-10,15H2,(H,24,25). The van der Waals surface area contributed by atoms with Crippen LogP contribution in [0.5, 0.6) is 0 Å². The van der Waals surface area contributed by atoms with Gasteiger partial charge in [-0.05, 0) is 59.2 Å². The molecule has 3 aromatic rings. The zero-order valence-corrected chi connectivity index (χ0v) is 14.0. The molecule has 1 amide bonds. The average Bonchev–Trinajstić information content (AvgIpc) is 3.52. The fourth-order valence-electron chi connectivity index (χ4n) is 3.07. The SMILES string of the molecule is O=C(NCc1ccc(C2CC2)cc1)c1ccccc1-c1ccncc1. The number of hydrogen-bond acceptors (Lipinski definition) is 2. The number of nitrogens with zero attached hydrogens (tertiary/aromatic N) is 1. The molecule has 1 aliphatic rings. The molecule has 1 aliphatic carbocycles. The molecule has 0 unspecified atom stereocenters. The summed E-state index contributed by atoms with van der Waals surface area (Å²) < 4.78 is 0. The van der Waals surface area contributed by atoms with Gasteiger partial charge >= 0.3 is 0 Å². The largest absolute Gasteiger partial charge is 0.348 e. The number of hydrogen-bond donors (Lipinski definition) is 1. The van der Waals surface area contributed by atoms with Crippen molar-refractivity contribution >= 4 is 5.91 Å². The lowest BCUT2D eigenvalue weighted by Gasteiger charge is -2.11. The number of carbonyl (C=O) groups excluding carboxylic acids is 1. The van der Waals surface area contributed by atoms with Gasteiger partial charge in [-0.1, -0.05) is 42.5 Å². The summed E-state index contributed by atoms with van der Waals surface area (Å²) in [6.07, 6.45) is 6.10. The third-order valence-electron chi connectivity index (χ3n) is 4.64. The van der Waals surface area contributed by atoms with Crippen LogP contribution in [0.1, 0.15) is 40.2 Å². The Balaban J connectivity index is 1.48. The lowest BCUT2D eigenvalue weighted by atomic mass is 10.00. The van der Waals surface area contributed by atoms with Crippen LogP contribution in [0.25, 0.3) is 11.1 Å². The predicted octanol–water partition coefficient (Wildman–Crippen LogP) is 4.56. The molecule has 124 valence electrons. The van der Waals surface area contributed by atoms with Gasteiger partial charge in [0.1, 0.15) is 0 Å². The predicted molar refractivity (Wildman–Crippen MR) is 99.3 cm³/mol. The summed E-state index contributed by atoms with van der Waals surface area (Å²) in [6, 6.07) is 20.1. The molecule has 1 N–H and O–H groups in total. The summed E-state index contributed by atoms with van der Waals surface area (Å²) in [5.41, 5.74) is 5.14. The molecular weight excluding hydrogens is 308 g/mol. The Morgan fingerprint density at radius 3 is 2.40 bits per heavy atom. The van der Waals surface area contributed by atoms with Crippen LogP contribution in [0.3, 0.4) is 0 Å². The zero-order valence-electron chi connectivity index (χ0n) is 14.0. The molecule has 1 saturated carbocycles. The average molecular weight is 328 g/mol. The molecule has 0 aliphatic heterocycles. The molecule has 0 bridgehead atoms. The highest BCUT2D eigenvalue weighted by molar-refractivity contribution is 6.00. The molecular formula is C22H20N2O. The smallest absolute Gasteiger partial charge is 0.252 e. The quantitative estimate of drug-likeness (QED) is 0.746. The van der Waals surface area contributed by atoms with E-state index in [9.17, 15) is 4.79 Å². The normalized spacial score (nSPS) is 13.4. The lowest BCUT2D eigenvalue weighted by molar-refractivity contribution is 0.0951. The van der Waals surface area contributed by atoms with Gasteiger partial charge in [0, 0.05) is 24.5 Å². The Hall–Kier alpha value is -2.94. The van der Waals surface area contributed by atoms with Gasteiger partial charge in [0.2, 0.25) is 0 Å². The number of nitrogens with one attached hydrogen (secondary N) is 1. The van der Waals surface area contributed by atoms with E-state index in [2.05, 4.69) is 34.6 Å². The maximum atomic E-state index is 12.7. The fourth-order valence-corrected chi connectivity index (χ4v) is 3.07. The highest BCUT2D eigenvalue weighted by Gasteiger charge is 2.22. The molecule has 2 aromatic carbocycles. The van der Waals surface area contributed by atoms with Crippen LogP contribution in [0, 0.1) is 0 Å². The number of benzene rings is 2. The number of rotatable bonds is 5. The summed E-state index contributed by atoms with van der Waals surface area (Å²) in [7, 11) is 0. The first-order valence-corrected chi connectivity index (χ1v) is 8.68. The molecule has 1 fully saturated rings. The Morgan fingerprint density at radius 1 is 0.960 bits per heavy atom. The Morgan fingerprint density at radius 2 is 1.68 bits per heavy atom. The van der Waals surface area contributed by atoms with Crippen molar-refractivity contribution in [2.75, 3.05) is 0 Å². The first kappa shape index (κ1) is 15.6. The number of pyridine rings is 1. The molecule has 4 rings (SSSR count). The molecule has 0 atom stereocenters. The van der Waals surface area contributed by atoms with Crippen molar-refractivity contribution in [1.82, 2.24) is 10.3 Å². The van der Waals surface area contributed by atoms with Gasteiger partial charge in [-0.2, -0.15) is 0 Å². The molecule has 0 saturated heterocycles. The van der Waals surface area contributed by atoms with Crippen LogP contribution in [-0.2, 0) is 6.54 Å². The van der Waals surface area contributed by atoms with E-state index < -0.39 is 0 Å². The van der Waals surface area contributed by atoms with Crippen molar-refractivity contribution in [1.29, 1.82) is 0 Å². The van der Waals surface area contributed by atoms with Crippen LogP contribution in [0.4, 0.5) is 0 Å². The van der Waals surface area contributed by atoms with Crippen LogP contribution < -0.4 is 5.32 Å². The second-order valence-electron chi connectivity index (χ2n) is 6.48. The van der Waals surface area contributed by atoms with Crippen molar-refractivity contribution in [2.45, 2.75) is 25.3 Å². The van der Waals surface area contributed by atoms with E-state index in [1.165, 1.54) is 18.4 Å². The van der Waals surface area contributed by atoms with Crippen molar-refractivity contribution in [3.05, 3.63) is 89.7 Å². The summed E-state index contributed by atoms with van der Waals surface area (Å²) in [5, 5.41) is 3.04. The third kappa shape index (κ3) is 3.61. The zero-order chi connectivity index (χ0) is 17.1. The molecule has 3 heteroatoms. The number of amides is 1. The monoisotopic (exact) mass is 328 g/mol. The van der Waals surface area contributed by atoms with Crippen molar-refractivity contribution in [3.8, 4) is 11.1 Å². The Bertz CT molecular complexity index is 868. The minimum Gasteiger partial charge on any atom is -0.348 e. The van der Waals surface area contributed by atoms with Gasteiger partial charge in [-0.15, -0.1) is 0 Å². The van der Waals surface area contributed by atoms with Gasteiger partial charge in [0.05, 0.1) is 0 Å². The molecule has 25 heavy (non-hydrogen) atoms. The van der Waals surface area contributed by atoms with Crippen molar-refractivity contribution in [2.24, 2.45) is 0 Å². The Labute approximate surface area is 147 Å². The maximum absolute atomic E-state index is 12.7. The van der Waals surface area contributed by atoms with Crippen LogP contribution >= 0.6 is 0 Å². The van der Waals surface area contributed by atoms with E-state index in [1.54, 1.807) is 12.4 Å².